The third kappa shape index (κ3) is 6.00. The van der Waals surface area contributed by atoms with E-state index in [0.29, 0.717) is 13.2 Å². The van der Waals surface area contributed by atoms with Crippen molar-refractivity contribution in [3.05, 3.63) is 29.8 Å². The number of anilines is 1. The molecule has 0 amide bonds. The largest absolute Gasteiger partial charge is 0.385 e. The molecule has 102 valence electrons. The van der Waals surface area contributed by atoms with Crippen LogP contribution < -0.4 is 5.32 Å². The summed E-state index contributed by atoms with van der Waals surface area (Å²) in [4.78, 5) is 0. The molecular weight excluding hydrogens is 230 g/mol. The van der Waals surface area contributed by atoms with Gasteiger partial charge in [-0.05, 0) is 12.5 Å². The molecule has 1 aromatic carbocycles. The summed E-state index contributed by atoms with van der Waals surface area (Å²) in [5.74, 6) is 0. The van der Waals surface area contributed by atoms with Crippen molar-refractivity contribution in [2.24, 2.45) is 0 Å². The first-order chi connectivity index (χ1) is 8.88. The van der Waals surface area contributed by atoms with Gasteiger partial charge in [-0.1, -0.05) is 18.2 Å². The van der Waals surface area contributed by atoms with Gasteiger partial charge in [0.15, 0.2) is 0 Å². The van der Waals surface area contributed by atoms with Crippen molar-refractivity contribution in [3.63, 3.8) is 0 Å². The predicted molar refractivity (Wildman–Crippen MR) is 73.0 cm³/mol. The molecule has 0 saturated heterocycles. The number of rotatable bonds is 10. The third-order valence-corrected chi connectivity index (χ3v) is 2.52. The van der Waals surface area contributed by atoms with E-state index < -0.39 is 0 Å². The Hall–Kier alpha value is -1.10. The summed E-state index contributed by atoms with van der Waals surface area (Å²) in [5, 5.41) is 3.35. The molecule has 18 heavy (non-hydrogen) atoms. The number of nitrogens with one attached hydrogen (secondary N) is 1. The summed E-state index contributed by atoms with van der Waals surface area (Å²) in [6.45, 7) is 3.62. The standard InChI is InChI=1S/C14H23NO3/c1-16-9-5-10-18-11-8-15-14-7-4-3-6-13(14)12-17-2/h3-4,6-7,15H,5,8-12H2,1-2H3. The molecule has 0 spiro atoms. The second kappa shape index (κ2) is 9.88. The van der Waals surface area contributed by atoms with Crippen LogP contribution in [0.15, 0.2) is 24.3 Å². The molecule has 0 aliphatic carbocycles. The minimum atomic E-state index is 0.623. The van der Waals surface area contributed by atoms with E-state index in [1.807, 2.05) is 12.1 Å². The number of para-hydroxylation sites is 1. The van der Waals surface area contributed by atoms with E-state index in [-0.39, 0.29) is 0 Å². The van der Waals surface area contributed by atoms with E-state index in [9.17, 15) is 0 Å². The van der Waals surface area contributed by atoms with Gasteiger partial charge < -0.3 is 19.5 Å². The van der Waals surface area contributed by atoms with E-state index in [0.717, 1.165) is 31.9 Å². The number of methoxy groups -OCH3 is 2. The lowest BCUT2D eigenvalue weighted by atomic mass is 10.2. The maximum atomic E-state index is 5.48. The Balaban J connectivity index is 2.18. The fourth-order valence-electron chi connectivity index (χ4n) is 1.64. The average Bonchev–Trinajstić information content (AvgIpc) is 2.40. The minimum Gasteiger partial charge on any atom is -0.385 e. The fraction of sp³-hybridized carbons (Fsp3) is 0.571. The van der Waals surface area contributed by atoms with Crippen LogP contribution in [-0.2, 0) is 20.8 Å². The maximum Gasteiger partial charge on any atom is 0.0733 e. The van der Waals surface area contributed by atoms with Crippen molar-refractivity contribution in [2.45, 2.75) is 13.0 Å². The first kappa shape index (κ1) is 15.0. The topological polar surface area (TPSA) is 39.7 Å². The van der Waals surface area contributed by atoms with Crippen LogP contribution in [0, 0.1) is 0 Å². The smallest absolute Gasteiger partial charge is 0.0733 e. The number of hydrogen-bond donors (Lipinski definition) is 1. The first-order valence-electron chi connectivity index (χ1n) is 6.26. The molecule has 0 aliphatic heterocycles. The van der Waals surface area contributed by atoms with Crippen LogP contribution in [0.2, 0.25) is 0 Å². The second-order valence-electron chi connectivity index (χ2n) is 3.98. The van der Waals surface area contributed by atoms with Gasteiger partial charge in [0.1, 0.15) is 0 Å². The predicted octanol–water partition coefficient (Wildman–Crippen LogP) is 2.30. The van der Waals surface area contributed by atoms with Crippen LogP contribution in [0.5, 0.6) is 0 Å². The van der Waals surface area contributed by atoms with Gasteiger partial charge in [-0.2, -0.15) is 0 Å². The average molecular weight is 253 g/mol. The lowest BCUT2D eigenvalue weighted by Gasteiger charge is -2.11. The van der Waals surface area contributed by atoms with Crippen molar-refractivity contribution in [2.75, 3.05) is 45.9 Å². The van der Waals surface area contributed by atoms with Gasteiger partial charge in [0, 0.05) is 45.2 Å². The van der Waals surface area contributed by atoms with Crippen LogP contribution in [0.4, 0.5) is 5.69 Å². The van der Waals surface area contributed by atoms with Crippen LogP contribution >= 0.6 is 0 Å². The highest BCUT2D eigenvalue weighted by molar-refractivity contribution is 5.50. The molecule has 4 nitrogen and oxygen atoms in total. The Labute approximate surface area is 109 Å². The molecule has 0 radical (unpaired) electrons. The molecule has 4 heteroatoms. The van der Waals surface area contributed by atoms with Crippen LogP contribution in [-0.4, -0.2) is 40.6 Å². The zero-order chi connectivity index (χ0) is 13.1. The van der Waals surface area contributed by atoms with Gasteiger partial charge in [-0.15, -0.1) is 0 Å². The molecule has 0 heterocycles. The number of ether oxygens (including phenoxy) is 3. The second-order valence-corrected chi connectivity index (χ2v) is 3.98. The van der Waals surface area contributed by atoms with Crippen molar-refractivity contribution in [1.29, 1.82) is 0 Å². The first-order valence-corrected chi connectivity index (χ1v) is 6.26. The highest BCUT2D eigenvalue weighted by Crippen LogP contribution is 2.15. The summed E-state index contributed by atoms with van der Waals surface area (Å²) in [5.41, 5.74) is 2.28. The molecule has 1 aromatic rings. The van der Waals surface area contributed by atoms with E-state index in [2.05, 4.69) is 17.4 Å². The molecule has 0 saturated carbocycles. The lowest BCUT2D eigenvalue weighted by molar-refractivity contribution is 0.109. The van der Waals surface area contributed by atoms with E-state index in [1.54, 1.807) is 14.2 Å². The summed E-state index contributed by atoms with van der Waals surface area (Å²) in [7, 11) is 3.41. The van der Waals surface area contributed by atoms with Crippen molar-refractivity contribution >= 4 is 5.69 Å². The molecule has 0 fully saturated rings. The molecule has 0 bridgehead atoms. The SMILES string of the molecule is COCCCOCCNc1ccccc1COC. The fourth-order valence-corrected chi connectivity index (χ4v) is 1.64. The van der Waals surface area contributed by atoms with Crippen LogP contribution in [0.3, 0.4) is 0 Å². The minimum absolute atomic E-state index is 0.623. The van der Waals surface area contributed by atoms with Crippen molar-refractivity contribution < 1.29 is 14.2 Å². The third-order valence-electron chi connectivity index (χ3n) is 2.52. The summed E-state index contributed by atoms with van der Waals surface area (Å²) >= 11 is 0. The zero-order valence-corrected chi connectivity index (χ0v) is 11.3. The van der Waals surface area contributed by atoms with Gasteiger partial charge in [-0.3, -0.25) is 0 Å². The van der Waals surface area contributed by atoms with Crippen LogP contribution in [0.25, 0.3) is 0 Å². The zero-order valence-electron chi connectivity index (χ0n) is 11.3. The monoisotopic (exact) mass is 253 g/mol. The molecule has 0 unspecified atom stereocenters. The maximum absolute atomic E-state index is 5.48. The van der Waals surface area contributed by atoms with Crippen molar-refractivity contribution in [1.82, 2.24) is 0 Å². The summed E-state index contributed by atoms with van der Waals surface area (Å²) < 4.78 is 15.6. The number of hydrogen-bond acceptors (Lipinski definition) is 4. The normalized spacial score (nSPS) is 10.6. The Bertz CT molecular complexity index is 318. The van der Waals surface area contributed by atoms with Gasteiger partial charge >= 0.3 is 0 Å². The quantitative estimate of drug-likeness (QED) is 0.649. The highest BCUT2D eigenvalue weighted by atomic mass is 16.5. The van der Waals surface area contributed by atoms with Gasteiger partial charge in [-0.25, -0.2) is 0 Å². The van der Waals surface area contributed by atoms with Gasteiger partial charge in [0.25, 0.3) is 0 Å². The summed E-state index contributed by atoms with van der Waals surface area (Å²) in [6.07, 6.45) is 0.941. The molecule has 0 aliphatic rings. The van der Waals surface area contributed by atoms with Gasteiger partial charge in [0.2, 0.25) is 0 Å². The lowest BCUT2D eigenvalue weighted by Crippen LogP contribution is -2.12. The summed E-state index contributed by atoms with van der Waals surface area (Å²) in [6, 6.07) is 8.15. The number of benzene rings is 1. The Kier molecular flexibility index (Phi) is 8.21. The van der Waals surface area contributed by atoms with E-state index >= 15 is 0 Å². The highest BCUT2D eigenvalue weighted by Gasteiger charge is 1.99. The van der Waals surface area contributed by atoms with E-state index in [4.69, 9.17) is 14.2 Å². The Morgan fingerprint density at radius 1 is 1.00 bits per heavy atom. The van der Waals surface area contributed by atoms with Gasteiger partial charge in [0.05, 0.1) is 13.2 Å². The molecule has 0 aromatic heterocycles. The molecular formula is C14H23NO3. The molecule has 1 rings (SSSR count). The van der Waals surface area contributed by atoms with Crippen molar-refractivity contribution in [3.8, 4) is 0 Å². The van der Waals surface area contributed by atoms with Crippen LogP contribution in [0.1, 0.15) is 12.0 Å². The molecule has 0 atom stereocenters. The Morgan fingerprint density at radius 3 is 2.61 bits per heavy atom. The molecule has 1 N–H and O–H groups in total. The Morgan fingerprint density at radius 2 is 1.83 bits per heavy atom. The van der Waals surface area contributed by atoms with E-state index in [1.165, 1.54) is 5.56 Å².